The van der Waals surface area contributed by atoms with Crippen molar-refractivity contribution in [2.45, 2.75) is 38.6 Å². The van der Waals surface area contributed by atoms with E-state index in [4.69, 9.17) is 0 Å². The summed E-state index contributed by atoms with van der Waals surface area (Å²) < 4.78 is 0. The van der Waals surface area contributed by atoms with Crippen LogP contribution >= 0.6 is 0 Å². The Balaban J connectivity index is 0.00000243. The van der Waals surface area contributed by atoms with Crippen LogP contribution in [0.25, 0.3) is 0 Å². The van der Waals surface area contributed by atoms with Crippen molar-refractivity contribution < 1.29 is 17.2 Å². The van der Waals surface area contributed by atoms with E-state index in [9.17, 15) is 4.79 Å². The second-order valence-electron chi connectivity index (χ2n) is 6.76. The number of benzene rings is 2. The number of likely N-dealkylation sites (tertiary alicyclic amines) is 1. The predicted molar refractivity (Wildman–Crippen MR) is 104 cm³/mol. The SMILES string of the molecule is CCC(=O)N(c1ccccc1)C1CCN(CCc2ccccc2)CC1.[Cl-]. The molecule has 140 valence electrons. The number of rotatable bonds is 6. The quantitative estimate of drug-likeness (QED) is 0.760. The second kappa shape index (κ2) is 10.3. The fraction of sp³-hybridized carbons (Fsp3) is 0.409. The molecule has 1 saturated heterocycles. The summed E-state index contributed by atoms with van der Waals surface area (Å²) in [5, 5.41) is 0. The van der Waals surface area contributed by atoms with Crippen LogP contribution in [0.2, 0.25) is 0 Å². The second-order valence-corrected chi connectivity index (χ2v) is 6.76. The highest BCUT2D eigenvalue weighted by Gasteiger charge is 2.28. The van der Waals surface area contributed by atoms with E-state index in [1.807, 2.05) is 30.0 Å². The van der Waals surface area contributed by atoms with Crippen LogP contribution in [-0.4, -0.2) is 36.5 Å². The summed E-state index contributed by atoms with van der Waals surface area (Å²) >= 11 is 0. The van der Waals surface area contributed by atoms with Crippen LogP contribution < -0.4 is 17.3 Å². The predicted octanol–water partition coefficient (Wildman–Crippen LogP) is 1.14. The number of para-hydroxylation sites is 1. The molecule has 0 saturated carbocycles. The molecule has 26 heavy (non-hydrogen) atoms. The van der Waals surface area contributed by atoms with Gasteiger partial charge < -0.3 is 22.2 Å². The Morgan fingerprint density at radius 2 is 1.58 bits per heavy atom. The van der Waals surface area contributed by atoms with Crippen molar-refractivity contribution in [3.63, 3.8) is 0 Å². The van der Waals surface area contributed by atoms with E-state index in [0.717, 1.165) is 44.6 Å². The lowest BCUT2D eigenvalue weighted by Gasteiger charge is -2.38. The lowest BCUT2D eigenvalue weighted by atomic mass is 10.0. The van der Waals surface area contributed by atoms with Gasteiger partial charge in [-0.25, -0.2) is 0 Å². The van der Waals surface area contributed by atoms with E-state index in [1.165, 1.54) is 5.56 Å². The zero-order valence-electron chi connectivity index (χ0n) is 15.5. The highest BCUT2D eigenvalue weighted by Crippen LogP contribution is 2.24. The van der Waals surface area contributed by atoms with E-state index in [1.54, 1.807) is 0 Å². The molecule has 1 amide bonds. The molecule has 0 aromatic heterocycles. The van der Waals surface area contributed by atoms with Gasteiger partial charge >= 0.3 is 0 Å². The fourth-order valence-corrected chi connectivity index (χ4v) is 3.65. The van der Waals surface area contributed by atoms with Gasteiger partial charge in [0.05, 0.1) is 0 Å². The van der Waals surface area contributed by atoms with Crippen LogP contribution in [0, 0.1) is 0 Å². The summed E-state index contributed by atoms with van der Waals surface area (Å²) in [5.41, 5.74) is 2.44. The third kappa shape index (κ3) is 5.33. The number of hydrogen-bond acceptors (Lipinski definition) is 2. The molecule has 2 aromatic rings. The van der Waals surface area contributed by atoms with Crippen LogP contribution in [0.4, 0.5) is 5.69 Å². The zero-order chi connectivity index (χ0) is 17.5. The first-order valence-electron chi connectivity index (χ1n) is 9.41. The van der Waals surface area contributed by atoms with E-state index in [-0.39, 0.29) is 18.3 Å². The molecule has 0 bridgehead atoms. The Bertz CT molecular complexity index is 654. The number of carbonyl (C=O) groups is 1. The number of hydrogen-bond donors (Lipinski definition) is 0. The van der Waals surface area contributed by atoms with Crippen molar-refractivity contribution in [1.82, 2.24) is 4.90 Å². The first-order valence-corrected chi connectivity index (χ1v) is 9.41. The van der Waals surface area contributed by atoms with Crippen molar-refractivity contribution in [1.29, 1.82) is 0 Å². The first-order chi connectivity index (χ1) is 12.3. The summed E-state index contributed by atoms with van der Waals surface area (Å²) in [5.74, 6) is 0.230. The van der Waals surface area contributed by atoms with E-state index >= 15 is 0 Å². The number of anilines is 1. The highest BCUT2D eigenvalue weighted by molar-refractivity contribution is 5.93. The number of nitrogens with zero attached hydrogens (tertiary/aromatic N) is 2. The molecule has 2 aromatic carbocycles. The topological polar surface area (TPSA) is 23.6 Å². The lowest BCUT2D eigenvalue weighted by molar-refractivity contribution is -0.119. The van der Waals surface area contributed by atoms with Crippen molar-refractivity contribution in [2.24, 2.45) is 0 Å². The van der Waals surface area contributed by atoms with Crippen molar-refractivity contribution in [3.05, 3.63) is 66.2 Å². The van der Waals surface area contributed by atoms with Gasteiger partial charge in [0.1, 0.15) is 0 Å². The van der Waals surface area contributed by atoms with Crippen molar-refractivity contribution in [2.75, 3.05) is 24.5 Å². The average molecular weight is 372 g/mol. The molecule has 1 aliphatic heterocycles. The third-order valence-corrected chi connectivity index (χ3v) is 5.09. The molecule has 0 unspecified atom stereocenters. The maximum absolute atomic E-state index is 12.5. The molecular formula is C22H28ClN2O-. The molecule has 3 nitrogen and oxygen atoms in total. The van der Waals surface area contributed by atoms with Gasteiger partial charge in [0, 0.05) is 37.8 Å². The molecule has 0 spiro atoms. The molecular weight excluding hydrogens is 344 g/mol. The Labute approximate surface area is 163 Å². The van der Waals surface area contributed by atoms with Crippen LogP contribution in [0.3, 0.4) is 0 Å². The Morgan fingerprint density at radius 1 is 1.00 bits per heavy atom. The minimum Gasteiger partial charge on any atom is -1.00 e. The van der Waals surface area contributed by atoms with Gasteiger partial charge in [-0.05, 0) is 37.0 Å². The van der Waals surface area contributed by atoms with Crippen molar-refractivity contribution in [3.8, 4) is 0 Å². The summed E-state index contributed by atoms with van der Waals surface area (Å²) in [6, 6.07) is 21.1. The summed E-state index contributed by atoms with van der Waals surface area (Å²) in [6.45, 7) is 5.19. The first kappa shape index (κ1) is 20.5. The van der Waals surface area contributed by atoms with Gasteiger partial charge in [-0.1, -0.05) is 55.5 Å². The Morgan fingerprint density at radius 3 is 2.15 bits per heavy atom. The molecule has 4 heteroatoms. The third-order valence-electron chi connectivity index (χ3n) is 5.09. The van der Waals surface area contributed by atoms with Gasteiger partial charge in [0.15, 0.2) is 0 Å². The average Bonchev–Trinajstić information content (AvgIpc) is 2.69. The number of piperidine rings is 1. The molecule has 1 fully saturated rings. The van der Waals surface area contributed by atoms with Crippen LogP contribution in [-0.2, 0) is 11.2 Å². The van der Waals surface area contributed by atoms with Gasteiger partial charge in [-0.3, -0.25) is 4.79 Å². The molecule has 1 aliphatic rings. The minimum absolute atomic E-state index is 0. The van der Waals surface area contributed by atoms with E-state index in [2.05, 4.69) is 47.4 Å². The zero-order valence-corrected chi connectivity index (χ0v) is 16.2. The maximum atomic E-state index is 12.5. The van der Waals surface area contributed by atoms with Crippen molar-refractivity contribution >= 4 is 11.6 Å². The van der Waals surface area contributed by atoms with Crippen LogP contribution in [0.1, 0.15) is 31.7 Å². The lowest BCUT2D eigenvalue weighted by Crippen LogP contribution is -3.00. The molecule has 0 N–H and O–H groups in total. The fourth-order valence-electron chi connectivity index (χ4n) is 3.65. The highest BCUT2D eigenvalue weighted by atomic mass is 35.5. The molecule has 0 atom stereocenters. The van der Waals surface area contributed by atoms with Gasteiger partial charge in [-0.15, -0.1) is 0 Å². The van der Waals surface area contributed by atoms with Gasteiger partial charge in [-0.2, -0.15) is 0 Å². The Hall–Kier alpha value is -1.84. The molecule has 3 rings (SSSR count). The largest absolute Gasteiger partial charge is 1.00 e. The van der Waals surface area contributed by atoms with Gasteiger partial charge in [0.25, 0.3) is 0 Å². The summed E-state index contributed by atoms with van der Waals surface area (Å²) in [7, 11) is 0. The molecule has 0 radical (unpaired) electrons. The summed E-state index contributed by atoms with van der Waals surface area (Å²) in [4.78, 5) is 17.1. The number of carbonyl (C=O) groups excluding carboxylic acids is 1. The van der Waals surface area contributed by atoms with Crippen LogP contribution in [0.15, 0.2) is 60.7 Å². The number of halogens is 1. The smallest absolute Gasteiger partial charge is 0.226 e. The Kier molecular flexibility index (Phi) is 8.14. The monoisotopic (exact) mass is 371 g/mol. The standard InChI is InChI=1S/C22H28N2O.ClH/c1-2-22(25)24(20-11-7-4-8-12-20)21-14-17-23(18-15-21)16-13-19-9-5-3-6-10-19;/h3-12,21H,2,13-18H2,1H3;1H/p-1. The number of amides is 1. The van der Waals surface area contributed by atoms with E-state index < -0.39 is 0 Å². The van der Waals surface area contributed by atoms with Gasteiger partial charge in [0.2, 0.25) is 5.91 Å². The normalized spacial score (nSPS) is 15.3. The van der Waals surface area contributed by atoms with Crippen LogP contribution in [0.5, 0.6) is 0 Å². The molecule has 0 aliphatic carbocycles. The van der Waals surface area contributed by atoms with E-state index in [0.29, 0.717) is 12.5 Å². The maximum Gasteiger partial charge on any atom is 0.226 e. The minimum atomic E-state index is 0. The summed E-state index contributed by atoms with van der Waals surface area (Å²) in [6.07, 6.45) is 3.76. The molecule has 1 heterocycles.